The molecule has 0 bridgehead atoms. The van der Waals surface area contributed by atoms with E-state index in [1.807, 2.05) is 6.07 Å². The minimum Gasteiger partial charge on any atom is -0.385 e. The molecular weight excluding hydrogens is 212 g/mol. The maximum Gasteiger partial charge on any atom is 0.0637 e. The molecule has 1 heterocycles. The molecule has 0 aliphatic heterocycles. The van der Waals surface area contributed by atoms with Gasteiger partial charge in [0.15, 0.2) is 0 Å². The molecule has 0 saturated heterocycles. The second kappa shape index (κ2) is 6.05. The van der Waals surface area contributed by atoms with Crippen LogP contribution in [-0.4, -0.2) is 18.7 Å². The smallest absolute Gasteiger partial charge is 0.0637 e. The van der Waals surface area contributed by atoms with Crippen LogP contribution >= 0.6 is 11.6 Å². The van der Waals surface area contributed by atoms with Gasteiger partial charge in [0.2, 0.25) is 0 Å². The Labute approximate surface area is 95.6 Å². The van der Waals surface area contributed by atoms with Gasteiger partial charge >= 0.3 is 0 Å². The van der Waals surface area contributed by atoms with Crippen LogP contribution in [0.25, 0.3) is 0 Å². The van der Waals surface area contributed by atoms with Crippen molar-refractivity contribution in [1.82, 2.24) is 4.98 Å². The fraction of sp³-hybridized carbons (Fsp3) is 0.545. The van der Waals surface area contributed by atoms with E-state index in [4.69, 9.17) is 22.1 Å². The summed E-state index contributed by atoms with van der Waals surface area (Å²) in [5, 5.41) is 0.634. The molecule has 2 unspecified atom stereocenters. The van der Waals surface area contributed by atoms with Gasteiger partial charge in [0.05, 0.1) is 5.02 Å². The molecule has 4 heteroatoms. The first kappa shape index (κ1) is 12.4. The van der Waals surface area contributed by atoms with Crippen molar-refractivity contribution in [3.05, 3.63) is 29.0 Å². The van der Waals surface area contributed by atoms with Crippen molar-refractivity contribution in [3.63, 3.8) is 0 Å². The van der Waals surface area contributed by atoms with Gasteiger partial charge in [0.1, 0.15) is 0 Å². The lowest BCUT2D eigenvalue weighted by Gasteiger charge is -2.20. The van der Waals surface area contributed by atoms with E-state index in [0.29, 0.717) is 10.9 Å². The van der Waals surface area contributed by atoms with E-state index in [2.05, 4.69) is 11.9 Å². The Bertz CT molecular complexity index is 306. The van der Waals surface area contributed by atoms with E-state index < -0.39 is 0 Å². The van der Waals surface area contributed by atoms with Crippen LogP contribution in [0.3, 0.4) is 0 Å². The SMILES string of the molecule is COCCC(C)C(N)c1ccncc1Cl. The molecule has 1 aromatic heterocycles. The summed E-state index contributed by atoms with van der Waals surface area (Å²) in [6.45, 7) is 2.82. The average Bonchev–Trinajstić information content (AvgIpc) is 2.25. The molecule has 0 aliphatic carbocycles. The Balaban J connectivity index is 2.67. The first-order valence-electron chi connectivity index (χ1n) is 5.00. The summed E-state index contributed by atoms with van der Waals surface area (Å²) < 4.78 is 5.03. The van der Waals surface area contributed by atoms with Gasteiger partial charge in [-0.15, -0.1) is 0 Å². The van der Waals surface area contributed by atoms with Crippen LogP contribution in [-0.2, 0) is 4.74 Å². The highest BCUT2D eigenvalue weighted by Gasteiger charge is 2.16. The Morgan fingerprint density at radius 3 is 2.93 bits per heavy atom. The van der Waals surface area contributed by atoms with Crippen molar-refractivity contribution in [3.8, 4) is 0 Å². The Morgan fingerprint density at radius 1 is 1.60 bits per heavy atom. The molecule has 1 aromatic rings. The Kier molecular flexibility index (Phi) is 5.02. The molecule has 0 fully saturated rings. The highest BCUT2D eigenvalue weighted by atomic mass is 35.5. The van der Waals surface area contributed by atoms with Crippen molar-refractivity contribution < 1.29 is 4.74 Å². The third-order valence-electron chi connectivity index (χ3n) is 2.55. The van der Waals surface area contributed by atoms with E-state index in [-0.39, 0.29) is 6.04 Å². The molecule has 84 valence electrons. The van der Waals surface area contributed by atoms with Crippen molar-refractivity contribution in [2.24, 2.45) is 11.7 Å². The summed E-state index contributed by atoms with van der Waals surface area (Å²) in [4.78, 5) is 3.94. The molecule has 1 rings (SSSR count). The van der Waals surface area contributed by atoms with Gasteiger partial charge in [-0.25, -0.2) is 0 Å². The number of hydrogen-bond acceptors (Lipinski definition) is 3. The Morgan fingerprint density at radius 2 is 2.33 bits per heavy atom. The number of halogens is 1. The molecule has 2 atom stereocenters. The van der Waals surface area contributed by atoms with Crippen LogP contribution in [0.1, 0.15) is 24.9 Å². The monoisotopic (exact) mass is 228 g/mol. The van der Waals surface area contributed by atoms with Crippen molar-refractivity contribution in [1.29, 1.82) is 0 Å². The zero-order valence-corrected chi connectivity index (χ0v) is 9.87. The summed E-state index contributed by atoms with van der Waals surface area (Å²) >= 11 is 6.02. The van der Waals surface area contributed by atoms with E-state index in [9.17, 15) is 0 Å². The minimum atomic E-state index is -0.0596. The van der Waals surface area contributed by atoms with Crippen LogP contribution in [0, 0.1) is 5.92 Å². The van der Waals surface area contributed by atoms with Gasteiger partial charge in [-0.05, 0) is 24.0 Å². The first-order chi connectivity index (χ1) is 7.16. The van der Waals surface area contributed by atoms with Gasteiger partial charge in [-0.2, -0.15) is 0 Å². The number of nitrogens with zero attached hydrogens (tertiary/aromatic N) is 1. The van der Waals surface area contributed by atoms with E-state index in [1.165, 1.54) is 0 Å². The van der Waals surface area contributed by atoms with Crippen LogP contribution in [0.2, 0.25) is 5.02 Å². The molecule has 0 aromatic carbocycles. The Hall–Kier alpha value is -0.640. The number of hydrogen-bond donors (Lipinski definition) is 1. The molecular formula is C11H17ClN2O. The van der Waals surface area contributed by atoms with Crippen molar-refractivity contribution in [2.45, 2.75) is 19.4 Å². The summed E-state index contributed by atoms with van der Waals surface area (Å²) in [6.07, 6.45) is 4.26. The van der Waals surface area contributed by atoms with E-state index >= 15 is 0 Å². The van der Waals surface area contributed by atoms with Crippen molar-refractivity contribution >= 4 is 11.6 Å². The van der Waals surface area contributed by atoms with Gasteiger partial charge < -0.3 is 10.5 Å². The maximum absolute atomic E-state index is 6.11. The first-order valence-corrected chi connectivity index (χ1v) is 5.38. The topological polar surface area (TPSA) is 48.1 Å². The molecule has 0 aliphatic rings. The number of nitrogens with two attached hydrogens (primary N) is 1. The van der Waals surface area contributed by atoms with Crippen molar-refractivity contribution in [2.75, 3.05) is 13.7 Å². The summed E-state index contributed by atoms with van der Waals surface area (Å²) in [5.74, 6) is 0.338. The van der Waals surface area contributed by atoms with Crippen LogP contribution in [0.4, 0.5) is 0 Å². The number of ether oxygens (including phenoxy) is 1. The maximum atomic E-state index is 6.11. The molecule has 2 N–H and O–H groups in total. The fourth-order valence-electron chi connectivity index (χ4n) is 1.45. The summed E-state index contributed by atoms with van der Waals surface area (Å²) in [5.41, 5.74) is 7.07. The highest BCUT2D eigenvalue weighted by Crippen LogP contribution is 2.27. The summed E-state index contributed by atoms with van der Waals surface area (Å²) in [7, 11) is 1.69. The van der Waals surface area contributed by atoms with Crippen LogP contribution in [0.5, 0.6) is 0 Å². The lowest BCUT2D eigenvalue weighted by atomic mass is 9.93. The van der Waals surface area contributed by atoms with E-state index in [0.717, 1.165) is 18.6 Å². The van der Waals surface area contributed by atoms with Crippen LogP contribution in [0.15, 0.2) is 18.5 Å². The predicted octanol–water partition coefficient (Wildman–Crippen LogP) is 2.41. The fourth-order valence-corrected chi connectivity index (χ4v) is 1.69. The van der Waals surface area contributed by atoms with E-state index in [1.54, 1.807) is 19.5 Å². The molecule has 0 amide bonds. The molecule has 0 radical (unpaired) electrons. The van der Waals surface area contributed by atoms with Gasteiger partial charge in [0.25, 0.3) is 0 Å². The largest absolute Gasteiger partial charge is 0.385 e. The second-order valence-electron chi connectivity index (χ2n) is 3.68. The average molecular weight is 229 g/mol. The standard InChI is InChI=1S/C11H17ClN2O/c1-8(4-6-15-2)11(13)9-3-5-14-7-10(9)12/h3,5,7-8,11H,4,6,13H2,1-2H3. The number of aromatic nitrogens is 1. The third kappa shape index (κ3) is 3.45. The van der Waals surface area contributed by atoms with Gasteiger partial charge in [-0.1, -0.05) is 18.5 Å². The third-order valence-corrected chi connectivity index (χ3v) is 2.87. The molecule has 3 nitrogen and oxygen atoms in total. The highest BCUT2D eigenvalue weighted by molar-refractivity contribution is 6.31. The normalized spacial score (nSPS) is 14.9. The lowest BCUT2D eigenvalue weighted by Crippen LogP contribution is -2.20. The second-order valence-corrected chi connectivity index (χ2v) is 4.09. The molecule has 0 spiro atoms. The quantitative estimate of drug-likeness (QED) is 0.842. The predicted molar refractivity (Wildman–Crippen MR) is 61.8 cm³/mol. The zero-order valence-electron chi connectivity index (χ0n) is 9.11. The van der Waals surface area contributed by atoms with Gasteiger partial charge in [-0.3, -0.25) is 4.98 Å². The molecule has 0 saturated carbocycles. The van der Waals surface area contributed by atoms with Crippen LogP contribution < -0.4 is 5.73 Å². The lowest BCUT2D eigenvalue weighted by molar-refractivity contribution is 0.174. The summed E-state index contributed by atoms with van der Waals surface area (Å²) in [6, 6.07) is 1.81. The number of pyridine rings is 1. The van der Waals surface area contributed by atoms with Gasteiger partial charge in [0, 0.05) is 32.2 Å². The molecule has 15 heavy (non-hydrogen) atoms. The number of rotatable bonds is 5. The minimum absolute atomic E-state index is 0.0596. The zero-order chi connectivity index (χ0) is 11.3. The number of methoxy groups -OCH3 is 1.